The number of benzene rings is 1. The molecule has 86 valence electrons. The van der Waals surface area contributed by atoms with Crippen LogP contribution in [0.3, 0.4) is 0 Å². The summed E-state index contributed by atoms with van der Waals surface area (Å²) in [5.74, 6) is -1.20. The van der Waals surface area contributed by atoms with Gasteiger partial charge in [-0.1, -0.05) is 25.1 Å². The van der Waals surface area contributed by atoms with Crippen LogP contribution in [-0.2, 0) is 4.79 Å². The molecule has 0 radical (unpaired) electrons. The first-order valence-electron chi connectivity index (χ1n) is 5.22. The number of rotatable bonds is 4. The fourth-order valence-electron chi connectivity index (χ4n) is 1.54. The number of carboxylic acid groups (broad SMARTS) is 1. The molecule has 0 atom stereocenters. The second-order valence-corrected chi connectivity index (χ2v) is 3.66. The lowest BCUT2D eigenvalue weighted by Gasteiger charge is -2.07. The summed E-state index contributed by atoms with van der Waals surface area (Å²) in [6.45, 7) is 3.70. The van der Waals surface area contributed by atoms with E-state index >= 15 is 0 Å². The molecule has 0 fully saturated rings. The lowest BCUT2D eigenvalue weighted by atomic mass is 10.0. The molecule has 0 aromatic heterocycles. The van der Waals surface area contributed by atoms with Crippen LogP contribution in [0.25, 0.3) is 5.57 Å². The number of allylic oxidation sites excluding steroid dienone is 1. The Kier molecular flexibility index (Phi) is 4.23. The Morgan fingerprint density at radius 3 is 2.69 bits per heavy atom. The van der Waals surface area contributed by atoms with E-state index in [1.54, 1.807) is 12.1 Å². The van der Waals surface area contributed by atoms with Crippen molar-refractivity contribution in [2.24, 2.45) is 0 Å². The molecular formula is C13H15FO2. The lowest BCUT2D eigenvalue weighted by molar-refractivity contribution is -0.135. The lowest BCUT2D eigenvalue weighted by Crippen LogP contribution is -1.94. The average Bonchev–Trinajstić information content (AvgIpc) is 2.21. The van der Waals surface area contributed by atoms with Crippen LogP contribution in [0.5, 0.6) is 0 Å². The van der Waals surface area contributed by atoms with Crippen LogP contribution in [0.15, 0.2) is 24.3 Å². The van der Waals surface area contributed by atoms with Gasteiger partial charge < -0.3 is 5.11 Å². The van der Waals surface area contributed by atoms with Gasteiger partial charge in [-0.25, -0.2) is 4.39 Å². The Balaban J connectivity index is 3.04. The van der Waals surface area contributed by atoms with E-state index in [0.717, 1.165) is 11.1 Å². The highest BCUT2D eigenvalue weighted by molar-refractivity contribution is 5.74. The molecule has 3 heteroatoms. The van der Waals surface area contributed by atoms with Gasteiger partial charge in [0, 0.05) is 5.56 Å². The molecule has 0 saturated carbocycles. The largest absolute Gasteiger partial charge is 0.481 e. The minimum Gasteiger partial charge on any atom is -0.481 e. The molecule has 0 heterocycles. The van der Waals surface area contributed by atoms with Crippen molar-refractivity contribution in [3.05, 3.63) is 41.2 Å². The summed E-state index contributed by atoms with van der Waals surface area (Å²) in [6.07, 6.45) is 2.11. The predicted molar refractivity (Wildman–Crippen MR) is 61.7 cm³/mol. The molecular weight excluding hydrogens is 207 g/mol. The molecule has 0 aliphatic rings. The summed E-state index contributed by atoms with van der Waals surface area (Å²) in [6, 6.07) is 4.98. The molecule has 0 amide bonds. The van der Waals surface area contributed by atoms with E-state index in [-0.39, 0.29) is 12.2 Å². The van der Waals surface area contributed by atoms with Crippen LogP contribution in [0.1, 0.15) is 30.9 Å². The fraction of sp³-hybridized carbons (Fsp3) is 0.308. The standard InChI is InChI=1S/C13H15FO2/c1-3-10(5-7-13(15)16)11-6-4-9(2)8-12(11)14/h4-6,8H,3,7H2,1-2H3,(H,15,16)/b10-5+. The van der Waals surface area contributed by atoms with E-state index in [4.69, 9.17) is 5.11 Å². The van der Waals surface area contributed by atoms with Gasteiger partial charge in [0.05, 0.1) is 6.42 Å². The highest BCUT2D eigenvalue weighted by Crippen LogP contribution is 2.22. The van der Waals surface area contributed by atoms with Gasteiger partial charge in [0.25, 0.3) is 0 Å². The van der Waals surface area contributed by atoms with Crippen molar-refractivity contribution in [1.82, 2.24) is 0 Å². The highest BCUT2D eigenvalue weighted by atomic mass is 19.1. The molecule has 0 aliphatic carbocycles. The van der Waals surface area contributed by atoms with Crippen LogP contribution in [0.2, 0.25) is 0 Å². The van der Waals surface area contributed by atoms with Crippen LogP contribution >= 0.6 is 0 Å². The summed E-state index contributed by atoms with van der Waals surface area (Å²) < 4.78 is 13.6. The summed E-state index contributed by atoms with van der Waals surface area (Å²) in [7, 11) is 0. The van der Waals surface area contributed by atoms with Crippen LogP contribution in [-0.4, -0.2) is 11.1 Å². The van der Waals surface area contributed by atoms with Crippen LogP contribution < -0.4 is 0 Å². The van der Waals surface area contributed by atoms with Gasteiger partial charge in [0.15, 0.2) is 0 Å². The first-order valence-corrected chi connectivity index (χ1v) is 5.22. The first-order chi connectivity index (χ1) is 7.54. The average molecular weight is 222 g/mol. The van der Waals surface area contributed by atoms with Gasteiger partial charge in [0.2, 0.25) is 0 Å². The Labute approximate surface area is 94.4 Å². The first kappa shape index (κ1) is 12.4. The summed E-state index contributed by atoms with van der Waals surface area (Å²) >= 11 is 0. The molecule has 0 bridgehead atoms. The zero-order valence-electron chi connectivity index (χ0n) is 9.46. The van der Waals surface area contributed by atoms with E-state index < -0.39 is 5.97 Å². The highest BCUT2D eigenvalue weighted by Gasteiger charge is 2.06. The molecule has 0 aliphatic heterocycles. The van der Waals surface area contributed by atoms with Crippen LogP contribution in [0.4, 0.5) is 4.39 Å². The fourth-order valence-corrected chi connectivity index (χ4v) is 1.54. The molecule has 1 aromatic carbocycles. The third-order valence-corrected chi connectivity index (χ3v) is 2.37. The van der Waals surface area contributed by atoms with Gasteiger partial charge in [-0.2, -0.15) is 0 Å². The third-order valence-electron chi connectivity index (χ3n) is 2.37. The van der Waals surface area contributed by atoms with Crippen molar-refractivity contribution in [2.75, 3.05) is 0 Å². The molecule has 1 rings (SSSR count). The van der Waals surface area contributed by atoms with Crippen molar-refractivity contribution in [2.45, 2.75) is 26.7 Å². The number of halogens is 1. The molecule has 1 N–H and O–H groups in total. The topological polar surface area (TPSA) is 37.3 Å². The van der Waals surface area contributed by atoms with Crippen molar-refractivity contribution >= 4 is 11.5 Å². The normalized spacial score (nSPS) is 11.6. The summed E-state index contributed by atoms with van der Waals surface area (Å²) in [5, 5.41) is 8.58. The smallest absolute Gasteiger partial charge is 0.307 e. The van der Waals surface area contributed by atoms with E-state index in [9.17, 15) is 9.18 Å². The van der Waals surface area contributed by atoms with Crippen LogP contribution in [0, 0.1) is 12.7 Å². The minimum atomic E-state index is -0.904. The SMILES string of the molecule is CC/C(=C\CC(=O)O)c1ccc(C)cc1F. The van der Waals surface area contributed by atoms with Gasteiger partial charge in [-0.15, -0.1) is 0 Å². The van der Waals surface area contributed by atoms with E-state index in [2.05, 4.69) is 0 Å². The van der Waals surface area contributed by atoms with Crippen molar-refractivity contribution < 1.29 is 14.3 Å². The number of hydrogen-bond acceptors (Lipinski definition) is 1. The van der Waals surface area contributed by atoms with E-state index in [1.165, 1.54) is 6.07 Å². The quantitative estimate of drug-likeness (QED) is 0.847. The number of carboxylic acids is 1. The number of aliphatic carboxylic acids is 1. The predicted octanol–water partition coefficient (Wildman–Crippen LogP) is 3.40. The van der Waals surface area contributed by atoms with Gasteiger partial charge in [0.1, 0.15) is 5.82 Å². The van der Waals surface area contributed by atoms with E-state index in [0.29, 0.717) is 12.0 Å². The zero-order valence-corrected chi connectivity index (χ0v) is 9.46. The Bertz CT molecular complexity index is 422. The number of hydrogen-bond donors (Lipinski definition) is 1. The summed E-state index contributed by atoms with van der Waals surface area (Å²) in [5.41, 5.74) is 2.09. The molecule has 1 aromatic rings. The van der Waals surface area contributed by atoms with Crippen molar-refractivity contribution in [3.63, 3.8) is 0 Å². The maximum atomic E-state index is 13.6. The maximum absolute atomic E-state index is 13.6. The molecule has 0 unspecified atom stereocenters. The number of aryl methyl sites for hydroxylation is 1. The molecule has 0 saturated heterocycles. The Morgan fingerprint density at radius 2 is 2.19 bits per heavy atom. The monoisotopic (exact) mass is 222 g/mol. The maximum Gasteiger partial charge on any atom is 0.307 e. The van der Waals surface area contributed by atoms with Gasteiger partial charge >= 0.3 is 5.97 Å². The van der Waals surface area contributed by atoms with Gasteiger partial charge in [-0.3, -0.25) is 4.79 Å². The zero-order chi connectivity index (χ0) is 12.1. The Hall–Kier alpha value is -1.64. The molecule has 16 heavy (non-hydrogen) atoms. The second-order valence-electron chi connectivity index (χ2n) is 3.66. The minimum absolute atomic E-state index is 0.0729. The van der Waals surface area contributed by atoms with Crippen molar-refractivity contribution in [1.29, 1.82) is 0 Å². The third kappa shape index (κ3) is 3.19. The number of carbonyl (C=O) groups is 1. The van der Waals surface area contributed by atoms with Gasteiger partial charge in [-0.05, 0) is 30.5 Å². The Morgan fingerprint density at radius 1 is 1.50 bits per heavy atom. The second kappa shape index (κ2) is 5.45. The molecule has 2 nitrogen and oxygen atoms in total. The summed E-state index contributed by atoms with van der Waals surface area (Å²) in [4.78, 5) is 10.5. The van der Waals surface area contributed by atoms with Crippen molar-refractivity contribution in [3.8, 4) is 0 Å². The van der Waals surface area contributed by atoms with E-state index in [1.807, 2.05) is 19.9 Å². The molecule has 0 spiro atoms.